The van der Waals surface area contributed by atoms with Crippen molar-refractivity contribution in [3.63, 3.8) is 0 Å². The molecule has 0 saturated heterocycles. The van der Waals surface area contributed by atoms with Gasteiger partial charge in [0.1, 0.15) is 0 Å². The monoisotopic (exact) mass is 288 g/mol. The van der Waals surface area contributed by atoms with E-state index in [1.807, 2.05) is 31.1 Å². The number of ketones is 1. The molecular formula is C16H20N2O3. The van der Waals surface area contributed by atoms with Crippen LogP contribution in [0.3, 0.4) is 0 Å². The van der Waals surface area contributed by atoms with Gasteiger partial charge in [-0.25, -0.2) is 5.48 Å². The van der Waals surface area contributed by atoms with Crippen LogP contribution in [0.15, 0.2) is 48.1 Å². The van der Waals surface area contributed by atoms with E-state index in [-0.39, 0.29) is 5.78 Å². The van der Waals surface area contributed by atoms with Crippen molar-refractivity contribution in [3.8, 4) is 0 Å². The van der Waals surface area contributed by atoms with Gasteiger partial charge in [0.25, 0.3) is 5.91 Å². The van der Waals surface area contributed by atoms with E-state index in [9.17, 15) is 9.59 Å². The molecular weight excluding hydrogens is 268 g/mol. The van der Waals surface area contributed by atoms with Crippen molar-refractivity contribution in [2.24, 2.45) is 0 Å². The molecule has 112 valence electrons. The Kier molecular flexibility index (Phi) is 6.36. The van der Waals surface area contributed by atoms with E-state index in [0.717, 1.165) is 5.69 Å². The predicted octanol–water partition coefficient (Wildman–Crippen LogP) is 2.33. The summed E-state index contributed by atoms with van der Waals surface area (Å²) in [5.41, 5.74) is 3.78. The Hall–Kier alpha value is -2.40. The summed E-state index contributed by atoms with van der Waals surface area (Å²) in [4.78, 5) is 24.9. The van der Waals surface area contributed by atoms with E-state index in [4.69, 9.17) is 5.21 Å². The molecule has 0 unspecified atom stereocenters. The second-order valence-corrected chi connectivity index (χ2v) is 4.77. The van der Waals surface area contributed by atoms with E-state index < -0.39 is 5.91 Å². The lowest BCUT2D eigenvalue weighted by Crippen LogP contribution is -2.14. The SMILES string of the molecule is CC(=CCC=CC(=O)NO)C(=O)c1ccc(N(C)C)cc1. The number of amides is 1. The fourth-order valence-electron chi connectivity index (χ4n) is 1.69. The minimum Gasteiger partial charge on any atom is -0.378 e. The van der Waals surface area contributed by atoms with Gasteiger partial charge in [0.2, 0.25) is 0 Å². The van der Waals surface area contributed by atoms with Crippen LogP contribution in [0.25, 0.3) is 0 Å². The maximum atomic E-state index is 12.2. The van der Waals surface area contributed by atoms with Crippen molar-refractivity contribution in [1.82, 2.24) is 5.48 Å². The van der Waals surface area contributed by atoms with Gasteiger partial charge in [0.15, 0.2) is 5.78 Å². The number of rotatable bonds is 6. The van der Waals surface area contributed by atoms with Gasteiger partial charge in [-0.2, -0.15) is 0 Å². The number of benzene rings is 1. The highest BCUT2D eigenvalue weighted by Crippen LogP contribution is 2.15. The molecule has 5 heteroatoms. The van der Waals surface area contributed by atoms with Crippen LogP contribution in [-0.2, 0) is 4.79 Å². The quantitative estimate of drug-likeness (QED) is 0.365. The molecule has 0 bridgehead atoms. The molecule has 1 aromatic rings. The highest BCUT2D eigenvalue weighted by molar-refractivity contribution is 6.08. The zero-order valence-electron chi connectivity index (χ0n) is 12.5. The lowest BCUT2D eigenvalue weighted by atomic mass is 10.0. The molecule has 0 spiro atoms. The first-order chi connectivity index (χ1) is 9.95. The third-order valence-corrected chi connectivity index (χ3v) is 2.94. The van der Waals surface area contributed by atoms with Gasteiger partial charge in [-0.05, 0) is 43.2 Å². The molecule has 1 aromatic carbocycles. The van der Waals surface area contributed by atoms with Crippen molar-refractivity contribution >= 4 is 17.4 Å². The van der Waals surface area contributed by atoms with E-state index in [0.29, 0.717) is 17.6 Å². The van der Waals surface area contributed by atoms with Gasteiger partial charge < -0.3 is 4.90 Å². The molecule has 0 aliphatic heterocycles. The fraction of sp³-hybridized carbons (Fsp3) is 0.250. The predicted molar refractivity (Wildman–Crippen MR) is 82.5 cm³/mol. The molecule has 0 aliphatic carbocycles. The summed E-state index contributed by atoms with van der Waals surface area (Å²) in [6.45, 7) is 1.74. The number of allylic oxidation sites excluding steroid dienone is 3. The fourth-order valence-corrected chi connectivity index (χ4v) is 1.69. The Morgan fingerprint density at radius 3 is 2.38 bits per heavy atom. The second kappa shape index (κ2) is 8.01. The highest BCUT2D eigenvalue weighted by atomic mass is 16.5. The number of nitrogens with one attached hydrogen (secondary N) is 1. The molecule has 0 heterocycles. The summed E-state index contributed by atoms with van der Waals surface area (Å²) < 4.78 is 0. The van der Waals surface area contributed by atoms with E-state index >= 15 is 0 Å². The third-order valence-electron chi connectivity index (χ3n) is 2.94. The number of anilines is 1. The van der Waals surface area contributed by atoms with Crippen molar-refractivity contribution < 1.29 is 14.8 Å². The first kappa shape index (κ1) is 16.7. The standard InChI is InChI=1S/C16H20N2O3/c1-12(6-4-5-7-15(19)17-21)16(20)13-8-10-14(11-9-13)18(2)3/h5-11,21H,4H2,1-3H3,(H,17,19). The van der Waals surface area contributed by atoms with Crippen LogP contribution in [-0.4, -0.2) is 31.0 Å². The maximum Gasteiger partial charge on any atom is 0.267 e. The third kappa shape index (κ3) is 5.24. The lowest BCUT2D eigenvalue weighted by Gasteiger charge is -2.12. The Labute approximate surface area is 124 Å². The Morgan fingerprint density at radius 2 is 1.86 bits per heavy atom. The van der Waals surface area contributed by atoms with Crippen LogP contribution in [0.4, 0.5) is 5.69 Å². The summed E-state index contributed by atoms with van der Waals surface area (Å²) in [7, 11) is 3.88. The zero-order chi connectivity index (χ0) is 15.8. The van der Waals surface area contributed by atoms with Crippen molar-refractivity contribution in [2.75, 3.05) is 19.0 Å². The number of hydroxylamine groups is 1. The molecule has 2 N–H and O–H groups in total. The van der Waals surface area contributed by atoms with Crippen molar-refractivity contribution in [3.05, 3.63) is 53.6 Å². The average molecular weight is 288 g/mol. The summed E-state index contributed by atoms with van der Waals surface area (Å²) in [5, 5.41) is 8.32. The van der Waals surface area contributed by atoms with Crippen molar-refractivity contribution in [2.45, 2.75) is 13.3 Å². The number of nitrogens with zero attached hydrogens (tertiary/aromatic N) is 1. The van der Waals surface area contributed by atoms with Crippen LogP contribution < -0.4 is 10.4 Å². The number of hydrogen-bond donors (Lipinski definition) is 2. The van der Waals surface area contributed by atoms with Crippen LogP contribution in [0.2, 0.25) is 0 Å². The summed E-state index contributed by atoms with van der Waals surface area (Å²) in [6, 6.07) is 7.38. The lowest BCUT2D eigenvalue weighted by molar-refractivity contribution is -0.124. The van der Waals surface area contributed by atoms with Crippen LogP contribution in [0.5, 0.6) is 0 Å². The molecule has 21 heavy (non-hydrogen) atoms. The Balaban J connectivity index is 2.69. The van der Waals surface area contributed by atoms with Crippen LogP contribution in [0, 0.1) is 0 Å². The normalized spacial score (nSPS) is 11.5. The Bertz CT molecular complexity index is 557. The number of carbonyl (C=O) groups excluding carboxylic acids is 2. The topological polar surface area (TPSA) is 69.6 Å². The highest BCUT2D eigenvalue weighted by Gasteiger charge is 2.07. The van der Waals surface area contributed by atoms with E-state index in [1.54, 1.807) is 31.2 Å². The first-order valence-electron chi connectivity index (χ1n) is 6.55. The second-order valence-electron chi connectivity index (χ2n) is 4.77. The van der Waals surface area contributed by atoms with Gasteiger partial charge >= 0.3 is 0 Å². The minimum atomic E-state index is -0.591. The maximum absolute atomic E-state index is 12.2. The molecule has 0 saturated carbocycles. The first-order valence-corrected chi connectivity index (χ1v) is 6.55. The van der Waals surface area contributed by atoms with Crippen LogP contribution in [0.1, 0.15) is 23.7 Å². The Morgan fingerprint density at radius 1 is 1.24 bits per heavy atom. The molecule has 5 nitrogen and oxygen atoms in total. The molecule has 1 rings (SSSR count). The molecule has 0 aliphatic rings. The van der Waals surface area contributed by atoms with Gasteiger partial charge in [-0.1, -0.05) is 12.2 Å². The number of hydrogen-bond acceptors (Lipinski definition) is 4. The number of carbonyl (C=O) groups is 2. The summed E-state index contributed by atoms with van der Waals surface area (Å²) in [6.07, 6.45) is 4.96. The van der Waals surface area contributed by atoms with Crippen LogP contribution >= 0.6 is 0 Å². The van der Waals surface area contributed by atoms with Gasteiger partial charge in [-0.3, -0.25) is 14.8 Å². The van der Waals surface area contributed by atoms with E-state index in [2.05, 4.69) is 0 Å². The minimum absolute atomic E-state index is 0.0414. The van der Waals surface area contributed by atoms with Crippen molar-refractivity contribution in [1.29, 1.82) is 0 Å². The molecule has 0 atom stereocenters. The molecule has 1 amide bonds. The average Bonchev–Trinajstić information content (AvgIpc) is 2.50. The van der Waals surface area contributed by atoms with Gasteiger partial charge in [-0.15, -0.1) is 0 Å². The molecule has 0 radical (unpaired) electrons. The molecule has 0 aromatic heterocycles. The van der Waals surface area contributed by atoms with E-state index in [1.165, 1.54) is 11.6 Å². The largest absolute Gasteiger partial charge is 0.378 e. The smallest absolute Gasteiger partial charge is 0.267 e. The molecule has 0 fully saturated rings. The van der Waals surface area contributed by atoms with Gasteiger partial charge in [0, 0.05) is 31.4 Å². The zero-order valence-corrected chi connectivity index (χ0v) is 12.5. The summed E-state index contributed by atoms with van der Waals surface area (Å²) in [5.74, 6) is -0.632. The number of Topliss-reactive ketones (excluding diaryl/α,β-unsaturated/α-hetero) is 1. The van der Waals surface area contributed by atoms with Gasteiger partial charge in [0.05, 0.1) is 0 Å². The summed E-state index contributed by atoms with van der Waals surface area (Å²) >= 11 is 0.